The second-order valence-corrected chi connectivity index (χ2v) is 13.7. The molecule has 3 nitrogen and oxygen atoms in total. The Morgan fingerprint density at radius 2 is 1.03 bits per heavy atom. The lowest BCUT2D eigenvalue weighted by Gasteiger charge is -2.34. The molecule has 0 aromatic heterocycles. The Balaban J connectivity index is 4.22. The normalized spacial score (nSPS) is 13.7. The standard InChI is InChI=1S/C25H44O3S/c1-13-17-19(15-23(3,4)5)21(28-25(9,10)11)20(16-24(6,7)8)18(14-2)22(17)29(12,26)27/h13-16H2,1-12H3. The maximum atomic E-state index is 13.0. The first-order chi connectivity index (χ1) is 12.8. The maximum absolute atomic E-state index is 13.0. The third-order valence-corrected chi connectivity index (χ3v) is 5.96. The van der Waals surface area contributed by atoms with Gasteiger partial charge in [-0.05, 0) is 79.5 Å². The second-order valence-electron chi connectivity index (χ2n) is 11.7. The van der Waals surface area contributed by atoms with Gasteiger partial charge in [-0.15, -0.1) is 0 Å². The summed E-state index contributed by atoms with van der Waals surface area (Å²) in [6.07, 6.45) is 4.28. The molecule has 0 bridgehead atoms. The topological polar surface area (TPSA) is 43.4 Å². The molecule has 1 aromatic carbocycles. The molecule has 0 atom stereocenters. The van der Waals surface area contributed by atoms with Gasteiger partial charge in [0.2, 0.25) is 0 Å². The van der Waals surface area contributed by atoms with Gasteiger partial charge in [-0.2, -0.15) is 0 Å². The molecule has 0 amide bonds. The Morgan fingerprint density at radius 3 is 1.24 bits per heavy atom. The van der Waals surface area contributed by atoms with Crippen molar-refractivity contribution in [1.82, 2.24) is 0 Å². The third-order valence-electron chi connectivity index (χ3n) is 4.73. The van der Waals surface area contributed by atoms with E-state index in [1.807, 2.05) is 0 Å². The highest BCUT2D eigenvalue weighted by Gasteiger charge is 2.32. The number of hydrogen-bond donors (Lipinski definition) is 0. The van der Waals surface area contributed by atoms with Crippen LogP contribution in [-0.4, -0.2) is 20.3 Å². The van der Waals surface area contributed by atoms with Crippen LogP contribution in [0, 0.1) is 10.8 Å². The molecule has 0 radical (unpaired) electrons. The molecule has 4 heteroatoms. The van der Waals surface area contributed by atoms with Gasteiger partial charge in [0.25, 0.3) is 0 Å². The van der Waals surface area contributed by atoms with Crippen molar-refractivity contribution in [2.75, 3.05) is 6.26 Å². The summed E-state index contributed by atoms with van der Waals surface area (Å²) in [4.78, 5) is 0.544. The van der Waals surface area contributed by atoms with Crippen LogP contribution < -0.4 is 4.74 Å². The van der Waals surface area contributed by atoms with Gasteiger partial charge >= 0.3 is 0 Å². The van der Waals surface area contributed by atoms with E-state index < -0.39 is 9.84 Å². The number of benzene rings is 1. The lowest BCUT2D eigenvalue weighted by molar-refractivity contribution is 0.125. The first kappa shape index (κ1) is 26.0. The molecule has 0 saturated carbocycles. The van der Waals surface area contributed by atoms with E-state index in [4.69, 9.17) is 4.74 Å². The molecular weight excluding hydrogens is 380 g/mol. The van der Waals surface area contributed by atoms with E-state index >= 15 is 0 Å². The fraction of sp³-hybridized carbons (Fsp3) is 0.760. The van der Waals surface area contributed by atoms with Crippen LogP contribution in [0.1, 0.15) is 98.4 Å². The zero-order chi connectivity index (χ0) is 23.0. The minimum Gasteiger partial charge on any atom is -0.488 e. The molecule has 0 saturated heterocycles. The van der Waals surface area contributed by atoms with E-state index in [9.17, 15) is 8.42 Å². The van der Waals surface area contributed by atoms with Crippen LogP contribution in [0.5, 0.6) is 5.75 Å². The first-order valence-corrected chi connectivity index (χ1v) is 12.8. The molecule has 0 aliphatic heterocycles. The van der Waals surface area contributed by atoms with Crippen LogP contribution in [0.2, 0.25) is 0 Å². The molecular formula is C25H44O3S. The summed E-state index contributed by atoms with van der Waals surface area (Å²) in [7, 11) is -3.36. The largest absolute Gasteiger partial charge is 0.488 e. The van der Waals surface area contributed by atoms with Crippen LogP contribution in [0.25, 0.3) is 0 Å². The van der Waals surface area contributed by atoms with Crippen molar-refractivity contribution >= 4 is 9.84 Å². The van der Waals surface area contributed by atoms with Crippen LogP contribution in [0.3, 0.4) is 0 Å². The SMILES string of the molecule is CCc1c(CC(C)(C)C)c(OC(C)(C)C)c(CC(C)(C)C)c(CC)c1S(C)(=O)=O. The maximum Gasteiger partial charge on any atom is 0.176 e. The van der Waals surface area contributed by atoms with Crippen LogP contribution in [-0.2, 0) is 35.5 Å². The first-order valence-electron chi connectivity index (χ1n) is 10.9. The molecule has 0 aliphatic rings. The van der Waals surface area contributed by atoms with Gasteiger partial charge in [0.1, 0.15) is 11.4 Å². The summed E-state index contributed by atoms with van der Waals surface area (Å²) in [6.45, 7) is 23.5. The highest BCUT2D eigenvalue weighted by Crippen LogP contribution is 2.44. The lowest BCUT2D eigenvalue weighted by Crippen LogP contribution is -2.28. The second kappa shape index (κ2) is 8.61. The summed E-state index contributed by atoms with van der Waals surface area (Å²) in [5, 5.41) is 0. The fourth-order valence-corrected chi connectivity index (χ4v) is 5.40. The van der Waals surface area contributed by atoms with Crippen molar-refractivity contribution < 1.29 is 13.2 Å². The zero-order valence-electron chi connectivity index (χ0n) is 21.0. The predicted octanol–water partition coefficient (Wildman–Crippen LogP) is 6.57. The summed E-state index contributed by atoms with van der Waals surface area (Å²) in [5.41, 5.74) is 3.70. The van der Waals surface area contributed by atoms with Crippen LogP contribution in [0.15, 0.2) is 4.90 Å². The molecule has 1 rings (SSSR count). The van der Waals surface area contributed by atoms with E-state index in [1.165, 1.54) is 6.26 Å². The van der Waals surface area contributed by atoms with E-state index in [0.29, 0.717) is 17.7 Å². The monoisotopic (exact) mass is 424 g/mol. The van der Waals surface area contributed by atoms with E-state index in [0.717, 1.165) is 40.8 Å². The molecule has 0 unspecified atom stereocenters. The number of ether oxygens (including phenoxy) is 1. The van der Waals surface area contributed by atoms with Crippen LogP contribution >= 0.6 is 0 Å². The molecule has 0 aliphatic carbocycles. The third kappa shape index (κ3) is 7.31. The van der Waals surface area contributed by atoms with E-state index in [1.54, 1.807) is 0 Å². The van der Waals surface area contributed by atoms with Crippen molar-refractivity contribution in [2.45, 2.75) is 112 Å². The zero-order valence-corrected chi connectivity index (χ0v) is 21.8. The Kier molecular flexibility index (Phi) is 7.72. The smallest absolute Gasteiger partial charge is 0.176 e. The molecule has 168 valence electrons. The van der Waals surface area contributed by atoms with Gasteiger partial charge in [0.05, 0.1) is 4.90 Å². The summed E-state index contributed by atoms with van der Waals surface area (Å²) in [6, 6.07) is 0. The fourth-order valence-electron chi connectivity index (χ4n) is 3.97. The van der Waals surface area contributed by atoms with Crippen molar-refractivity contribution in [2.24, 2.45) is 10.8 Å². The lowest BCUT2D eigenvalue weighted by atomic mass is 9.79. The van der Waals surface area contributed by atoms with Gasteiger partial charge in [-0.1, -0.05) is 55.4 Å². The predicted molar refractivity (Wildman–Crippen MR) is 125 cm³/mol. The Labute approximate surface area is 180 Å². The van der Waals surface area contributed by atoms with Crippen LogP contribution in [0.4, 0.5) is 0 Å². The number of sulfone groups is 1. The van der Waals surface area contributed by atoms with Gasteiger partial charge < -0.3 is 4.74 Å². The summed E-state index contributed by atoms with van der Waals surface area (Å²) in [5.74, 6) is 0.920. The molecule has 0 spiro atoms. The minimum atomic E-state index is -3.36. The average molecular weight is 425 g/mol. The molecule has 0 heterocycles. The number of hydrogen-bond acceptors (Lipinski definition) is 3. The van der Waals surface area contributed by atoms with Gasteiger partial charge in [0, 0.05) is 6.26 Å². The summed E-state index contributed by atoms with van der Waals surface area (Å²) < 4.78 is 32.6. The Bertz CT molecular complexity index is 782. The van der Waals surface area contributed by atoms with Crippen molar-refractivity contribution in [3.8, 4) is 5.75 Å². The van der Waals surface area contributed by atoms with E-state index in [-0.39, 0.29) is 16.4 Å². The van der Waals surface area contributed by atoms with E-state index in [2.05, 4.69) is 76.2 Å². The Hall–Kier alpha value is -1.03. The summed E-state index contributed by atoms with van der Waals surface area (Å²) >= 11 is 0. The van der Waals surface area contributed by atoms with Crippen molar-refractivity contribution in [3.63, 3.8) is 0 Å². The Morgan fingerprint density at radius 1 is 0.690 bits per heavy atom. The molecule has 1 aromatic rings. The number of rotatable bonds is 6. The highest BCUT2D eigenvalue weighted by atomic mass is 32.2. The van der Waals surface area contributed by atoms with Gasteiger partial charge in [-0.25, -0.2) is 8.42 Å². The minimum absolute atomic E-state index is 0.0153. The van der Waals surface area contributed by atoms with Crippen molar-refractivity contribution in [3.05, 3.63) is 22.3 Å². The van der Waals surface area contributed by atoms with Crippen molar-refractivity contribution in [1.29, 1.82) is 0 Å². The molecule has 29 heavy (non-hydrogen) atoms. The van der Waals surface area contributed by atoms with Gasteiger partial charge in [-0.3, -0.25) is 0 Å². The van der Waals surface area contributed by atoms with Gasteiger partial charge in [0.15, 0.2) is 9.84 Å². The molecule has 0 N–H and O–H groups in total. The average Bonchev–Trinajstić information content (AvgIpc) is 2.45. The highest BCUT2D eigenvalue weighted by molar-refractivity contribution is 7.90. The quantitative estimate of drug-likeness (QED) is 0.519. The molecule has 0 fully saturated rings.